The highest BCUT2D eigenvalue weighted by atomic mass is 35.5. The van der Waals surface area contributed by atoms with E-state index in [-0.39, 0.29) is 23.2 Å². The average Bonchev–Trinajstić information content (AvgIpc) is 2.67. The highest BCUT2D eigenvalue weighted by Crippen LogP contribution is 2.52. The van der Waals surface area contributed by atoms with E-state index in [2.05, 4.69) is 28.9 Å². The van der Waals surface area contributed by atoms with Gasteiger partial charge in [0.25, 0.3) is 0 Å². The summed E-state index contributed by atoms with van der Waals surface area (Å²) >= 11 is 5.86. The number of hydrogen-bond acceptors (Lipinski definition) is 5. The van der Waals surface area contributed by atoms with Crippen LogP contribution in [0.5, 0.6) is 0 Å². The van der Waals surface area contributed by atoms with Crippen LogP contribution in [-0.2, 0) is 4.74 Å². The Hall–Kier alpha value is -1.56. The Kier molecular flexibility index (Phi) is 4.62. The smallest absolute Gasteiger partial charge is 0.411 e. The van der Waals surface area contributed by atoms with Crippen LogP contribution in [0.1, 0.15) is 60.3 Å². The fourth-order valence-corrected chi connectivity index (χ4v) is 4.70. The number of anilines is 1. The molecule has 3 rings (SSSR count). The Balaban J connectivity index is 1.83. The Morgan fingerprint density at radius 3 is 2.27 bits per heavy atom. The molecule has 0 radical (unpaired) electrons. The quantitative estimate of drug-likeness (QED) is 0.766. The van der Waals surface area contributed by atoms with E-state index in [4.69, 9.17) is 16.3 Å². The SMILES string of the molecule is CN(c1ccc(Cl)nn1)C1CC2(C)CC[C@](C)(C1)N2C(=O)OC(C)(C)C. The highest BCUT2D eigenvalue weighted by Gasteiger charge is 2.59. The summed E-state index contributed by atoms with van der Waals surface area (Å²) in [5.74, 6) is 0.803. The lowest BCUT2D eigenvalue weighted by Gasteiger charge is -2.52. The van der Waals surface area contributed by atoms with Crippen molar-refractivity contribution in [2.75, 3.05) is 11.9 Å². The van der Waals surface area contributed by atoms with E-state index in [0.717, 1.165) is 31.5 Å². The number of piperidine rings is 1. The molecule has 1 amide bonds. The molecule has 6 nitrogen and oxygen atoms in total. The molecule has 0 spiro atoms. The number of hydrogen-bond donors (Lipinski definition) is 0. The van der Waals surface area contributed by atoms with E-state index in [1.807, 2.05) is 38.8 Å². The molecule has 2 aliphatic heterocycles. The number of nitrogens with zero attached hydrogens (tertiary/aromatic N) is 4. The lowest BCUT2D eigenvalue weighted by Crippen LogP contribution is -2.63. The van der Waals surface area contributed by atoms with E-state index in [9.17, 15) is 4.79 Å². The van der Waals surface area contributed by atoms with Gasteiger partial charge in [0.15, 0.2) is 11.0 Å². The van der Waals surface area contributed by atoms with Crippen molar-refractivity contribution in [3.05, 3.63) is 17.3 Å². The predicted octanol–water partition coefficient (Wildman–Crippen LogP) is 4.28. The molecule has 1 aromatic heterocycles. The predicted molar refractivity (Wildman–Crippen MR) is 103 cm³/mol. The maximum Gasteiger partial charge on any atom is 0.411 e. The molecule has 2 aliphatic rings. The van der Waals surface area contributed by atoms with Crippen LogP contribution in [0.4, 0.5) is 10.6 Å². The minimum Gasteiger partial charge on any atom is -0.444 e. The third-order valence-corrected chi connectivity index (χ3v) is 5.94. The number of rotatable bonds is 2. The summed E-state index contributed by atoms with van der Waals surface area (Å²) in [6, 6.07) is 3.93. The van der Waals surface area contributed by atoms with Gasteiger partial charge in [-0.1, -0.05) is 11.6 Å². The van der Waals surface area contributed by atoms with Crippen LogP contribution in [-0.4, -0.2) is 51.0 Å². The fourth-order valence-electron chi connectivity index (χ4n) is 4.59. The third-order valence-electron chi connectivity index (χ3n) is 5.74. The average molecular weight is 381 g/mol. The molecule has 144 valence electrons. The maximum atomic E-state index is 12.9. The summed E-state index contributed by atoms with van der Waals surface area (Å²) in [6.07, 6.45) is 3.52. The Labute approximate surface area is 160 Å². The van der Waals surface area contributed by atoms with Crippen molar-refractivity contribution in [2.45, 2.75) is 83.0 Å². The zero-order chi connectivity index (χ0) is 19.3. The molecule has 2 unspecified atom stereocenters. The first-order chi connectivity index (χ1) is 11.9. The minimum atomic E-state index is -0.490. The third kappa shape index (κ3) is 3.48. The second-order valence-electron chi connectivity index (χ2n) is 9.20. The lowest BCUT2D eigenvalue weighted by atomic mass is 9.82. The zero-order valence-electron chi connectivity index (χ0n) is 16.5. The van der Waals surface area contributed by atoms with E-state index < -0.39 is 5.60 Å². The maximum absolute atomic E-state index is 12.9. The van der Waals surface area contributed by atoms with Crippen molar-refractivity contribution in [3.8, 4) is 0 Å². The number of carbonyl (C=O) groups excluding carboxylic acids is 1. The van der Waals surface area contributed by atoms with Crippen LogP contribution in [0.25, 0.3) is 0 Å². The molecule has 2 fully saturated rings. The number of carbonyl (C=O) groups is 1. The monoisotopic (exact) mass is 380 g/mol. The molecule has 3 atom stereocenters. The topological polar surface area (TPSA) is 58.6 Å². The minimum absolute atomic E-state index is 0.201. The molecular weight excluding hydrogens is 352 g/mol. The van der Waals surface area contributed by atoms with Crippen LogP contribution in [0.15, 0.2) is 12.1 Å². The fraction of sp³-hybridized carbons (Fsp3) is 0.737. The Morgan fingerprint density at radius 1 is 1.23 bits per heavy atom. The van der Waals surface area contributed by atoms with Gasteiger partial charge >= 0.3 is 6.09 Å². The van der Waals surface area contributed by atoms with Gasteiger partial charge in [0.05, 0.1) is 0 Å². The Morgan fingerprint density at radius 2 is 1.81 bits per heavy atom. The number of halogens is 1. The van der Waals surface area contributed by atoms with Crippen molar-refractivity contribution in [1.29, 1.82) is 0 Å². The van der Waals surface area contributed by atoms with Gasteiger partial charge in [-0.25, -0.2) is 4.79 Å². The van der Waals surface area contributed by atoms with Gasteiger partial charge in [-0.15, -0.1) is 10.2 Å². The number of ether oxygens (including phenoxy) is 1. The van der Waals surface area contributed by atoms with Crippen molar-refractivity contribution < 1.29 is 9.53 Å². The highest BCUT2D eigenvalue weighted by molar-refractivity contribution is 6.29. The van der Waals surface area contributed by atoms with Gasteiger partial charge in [0, 0.05) is 24.2 Å². The summed E-state index contributed by atoms with van der Waals surface area (Å²) in [5.41, 5.74) is -0.919. The van der Waals surface area contributed by atoms with Gasteiger partial charge in [-0.05, 0) is 72.4 Å². The largest absolute Gasteiger partial charge is 0.444 e. The van der Waals surface area contributed by atoms with Gasteiger partial charge in [-0.2, -0.15) is 0 Å². The van der Waals surface area contributed by atoms with Crippen molar-refractivity contribution in [2.24, 2.45) is 0 Å². The van der Waals surface area contributed by atoms with Crippen LogP contribution in [0.3, 0.4) is 0 Å². The molecule has 0 aromatic carbocycles. The van der Waals surface area contributed by atoms with Crippen LogP contribution in [0, 0.1) is 0 Å². The van der Waals surface area contributed by atoms with Crippen molar-refractivity contribution >= 4 is 23.5 Å². The van der Waals surface area contributed by atoms with E-state index >= 15 is 0 Å². The second-order valence-corrected chi connectivity index (χ2v) is 9.58. The van der Waals surface area contributed by atoms with Gasteiger partial charge in [0.1, 0.15) is 5.60 Å². The van der Waals surface area contributed by atoms with Crippen molar-refractivity contribution in [1.82, 2.24) is 15.1 Å². The summed E-state index contributed by atoms with van der Waals surface area (Å²) in [5, 5.41) is 8.56. The van der Waals surface area contributed by atoms with Crippen LogP contribution < -0.4 is 4.90 Å². The molecule has 0 saturated carbocycles. The summed E-state index contributed by atoms with van der Waals surface area (Å²) in [7, 11) is 2.04. The first kappa shape index (κ1) is 19.2. The normalized spacial score (nSPS) is 31.0. The van der Waals surface area contributed by atoms with Crippen LogP contribution >= 0.6 is 11.6 Å². The number of amides is 1. The zero-order valence-corrected chi connectivity index (χ0v) is 17.3. The first-order valence-corrected chi connectivity index (χ1v) is 9.57. The molecule has 2 bridgehead atoms. The van der Waals surface area contributed by atoms with Crippen LogP contribution in [0.2, 0.25) is 5.15 Å². The molecule has 7 heteroatoms. The van der Waals surface area contributed by atoms with Gasteiger partial charge in [-0.3, -0.25) is 4.90 Å². The van der Waals surface area contributed by atoms with E-state index in [1.54, 1.807) is 6.07 Å². The standard InChI is InChI=1S/C19H29ClN4O2/c1-17(2,3)26-16(25)24-18(4)9-10-19(24,5)12-13(11-18)23(6)15-8-7-14(20)21-22-15/h7-8,13H,9-12H2,1-6H3/t13?,18-,19?/m1/s1. The Bertz CT molecular complexity index is 670. The molecule has 26 heavy (non-hydrogen) atoms. The molecular formula is C19H29ClN4O2. The first-order valence-electron chi connectivity index (χ1n) is 9.19. The van der Waals surface area contributed by atoms with Gasteiger partial charge < -0.3 is 9.64 Å². The second kappa shape index (κ2) is 6.25. The molecule has 3 heterocycles. The molecule has 0 N–H and O–H groups in total. The molecule has 2 saturated heterocycles. The summed E-state index contributed by atoms with van der Waals surface area (Å²) in [4.78, 5) is 17.1. The summed E-state index contributed by atoms with van der Waals surface area (Å²) in [6.45, 7) is 10.1. The number of aromatic nitrogens is 2. The van der Waals surface area contributed by atoms with E-state index in [0.29, 0.717) is 5.15 Å². The molecule has 0 aliphatic carbocycles. The van der Waals surface area contributed by atoms with Crippen molar-refractivity contribution in [3.63, 3.8) is 0 Å². The molecule has 1 aromatic rings. The lowest BCUT2D eigenvalue weighted by molar-refractivity contribution is -0.0357. The number of fused-ring (bicyclic) bond motifs is 2. The van der Waals surface area contributed by atoms with Gasteiger partial charge in [0.2, 0.25) is 0 Å². The summed E-state index contributed by atoms with van der Waals surface area (Å²) < 4.78 is 5.72. The van der Waals surface area contributed by atoms with E-state index in [1.165, 1.54) is 0 Å².